The van der Waals surface area contributed by atoms with Crippen LogP contribution in [0.2, 0.25) is 0 Å². The Morgan fingerprint density at radius 2 is 1.83 bits per heavy atom. The Balaban J connectivity index is 0.000000306. The number of likely N-dealkylation sites (N-methyl/N-ethyl adjacent to an activating group) is 1. The summed E-state index contributed by atoms with van der Waals surface area (Å²) in [5.74, 6) is -0.269. The fourth-order valence-electron chi connectivity index (χ4n) is 3.30. The summed E-state index contributed by atoms with van der Waals surface area (Å²) in [4.78, 5) is 15.2. The number of carbonyl (C=O) groups excluding carboxylic acids is 1. The van der Waals surface area contributed by atoms with Crippen molar-refractivity contribution in [3.63, 3.8) is 0 Å². The van der Waals surface area contributed by atoms with Gasteiger partial charge < -0.3 is 25.3 Å². The Morgan fingerprint density at radius 3 is 2.31 bits per heavy atom. The molecule has 3 rings (SSSR count). The maximum Gasteiger partial charge on any atom is 0.128 e. The summed E-state index contributed by atoms with van der Waals surface area (Å²) in [5.41, 5.74) is 8.49. The van der Waals surface area contributed by atoms with Gasteiger partial charge in [-0.05, 0) is 38.2 Å². The van der Waals surface area contributed by atoms with Gasteiger partial charge in [0.15, 0.2) is 0 Å². The van der Waals surface area contributed by atoms with Crippen LogP contribution in [0.4, 0.5) is 0 Å². The number of nitrogens with one attached hydrogen (secondary N) is 1. The SMILES string of the molecule is CN(C)[C@H](CN1CC[C@H](O)C1)c1ccccc1.COc1ccccc1C([NH-])=O.[Pr]. The molecule has 29 heavy (non-hydrogen) atoms. The molecule has 2 aromatic carbocycles. The molecular formula is C22H30N3O3Pr-. The minimum Gasteiger partial charge on any atom is -0.663 e. The maximum atomic E-state index is 10.6. The van der Waals surface area contributed by atoms with Gasteiger partial charge in [-0.25, -0.2) is 0 Å². The average Bonchev–Trinajstić information content (AvgIpc) is 3.12. The zero-order chi connectivity index (χ0) is 20.5. The smallest absolute Gasteiger partial charge is 0.128 e. The van der Waals surface area contributed by atoms with E-state index in [2.05, 4.69) is 54.2 Å². The van der Waals surface area contributed by atoms with Crippen LogP contribution in [0.3, 0.4) is 0 Å². The van der Waals surface area contributed by atoms with Crippen LogP contribution >= 0.6 is 0 Å². The number of carbonyl (C=O) groups is 1. The predicted octanol–water partition coefficient (Wildman–Crippen LogP) is 3.24. The van der Waals surface area contributed by atoms with E-state index in [1.54, 1.807) is 24.3 Å². The summed E-state index contributed by atoms with van der Waals surface area (Å²) in [6.45, 7) is 2.82. The largest absolute Gasteiger partial charge is 0.663 e. The second-order valence-electron chi connectivity index (χ2n) is 7.12. The number of aliphatic hydroxyl groups excluding tert-OH is 1. The Kier molecular flexibility index (Phi) is 11.9. The Morgan fingerprint density at radius 1 is 1.21 bits per heavy atom. The monoisotopic (exact) mass is 525 g/mol. The molecule has 1 saturated heterocycles. The van der Waals surface area contributed by atoms with E-state index >= 15 is 0 Å². The molecule has 6 nitrogen and oxygen atoms in total. The Labute approximate surface area is 207 Å². The molecule has 1 aliphatic rings. The Bertz CT molecular complexity index is 743. The standard InChI is InChI=1S/C14H22N2O.C8H9NO2.Pr/c1-15(2)14(12-6-4-3-5-7-12)11-16-9-8-13(17)10-16;1-11-7-5-3-2-4-6(7)8(9)10;/h3-7,13-14,17H,8-11H2,1-2H3;2-5H,1H3,(H2,9,10);/p-1/t13-,14+;;/m0../s1. The number of benzene rings is 2. The molecule has 1 aliphatic heterocycles. The van der Waals surface area contributed by atoms with Crippen molar-refractivity contribution in [3.05, 3.63) is 71.5 Å². The molecule has 0 aromatic heterocycles. The van der Waals surface area contributed by atoms with Crippen LogP contribution in [-0.4, -0.2) is 67.8 Å². The zero-order valence-corrected chi connectivity index (χ0v) is 21.1. The summed E-state index contributed by atoms with van der Waals surface area (Å²) in [6, 6.07) is 17.7. The van der Waals surface area contributed by atoms with Gasteiger partial charge in [-0.15, -0.1) is 0 Å². The average molecular weight is 525 g/mol. The van der Waals surface area contributed by atoms with Gasteiger partial charge in [0.2, 0.25) is 0 Å². The second kappa shape index (κ2) is 13.3. The molecule has 0 unspecified atom stereocenters. The minimum absolute atomic E-state index is 0. The number of β-amino-alcohol motifs (C(OH)–C–C–N with tert-alkyl or cyclic N) is 1. The van der Waals surface area contributed by atoms with Gasteiger partial charge in [-0.2, -0.15) is 0 Å². The third-order valence-electron chi connectivity index (χ3n) is 4.84. The number of methoxy groups -OCH3 is 1. The molecule has 7 heteroatoms. The number of nitrogens with zero attached hydrogens (tertiary/aromatic N) is 2. The number of likely N-dealkylation sites (tertiary alicyclic amines) is 1. The fourth-order valence-corrected chi connectivity index (χ4v) is 3.30. The van der Waals surface area contributed by atoms with Crippen molar-refractivity contribution in [3.8, 4) is 5.75 Å². The summed E-state index contributed by atoms with van der Waals surface area (Å²) in [6.07, 6.45) is 0.781. The van der Waals surface area contributed by atoms with Gasteiger partial charge in [-0.3, -0.25) is 4.90 Å². The third-order valence-corrected chi connectivity index (χ3v) is 4.84. The van der Waals surface area contributed by atoms with Crippen molar-refractivity contribution in [1.29, 1.82) is 0 Å². The van der Waals surface area contributed by atoms with Gasteiger partial charge in [-0.1, -0.05) is 42.5 Å². The van der Waals surface area contributed by atoms with E-state index in [4.69, 9.17) is 10.5 Å². The molecule has 1 heterocycles. The number of rotatable bonds is 6. The number of amides is 1. The van der Waals surface area contributed by atoms with E-state index in [1.165, 1.54) is 12.7 Å². The first-order chi connectivity index (χ1) is 13.4. The number of para-hydroxylation sites is 1. The van der Waals surface area contributed by atoms with E-state index in [-0.39, 0.29) is 47.4 Å². The van der Waals surface area contributed by atoms with Gasteiger partial charge >= 0.3 is 0 Å². The van der Waals surface area contributed by atoms with Crippen LogP contribution in [-0.2, 0) is 0 Å². The molecule has 1 radical (unpaired) electrons. The van der Waals surface area contributed by atoms with E-state index in [0.717, 1.165) is 26.1 Å². The Hall–Kier alpha value is -1.05. The predicted molar refractivity (Wildman–Crippen MR) is 112 cm³/mol. The van der Waals surface area contributed by atoms with Crippen molar-refractivity contribution in [2.75, 3.05) is 40.8 Å². The third kappa shape index (κ3) is 8.31. The summed E-state index contributed by atoms with van der Waals surface area (Å²) in [7, 11) is 5.70. The van der Waals surface area contributed by atoms with Crippen LogP contribution in [0.5, 0.6) is 5.75 Å². The molecule has 2 atom stereocenters. The number of aliphatic hydroxyl groups is 1. The molecule has 2 N–H and O–H groups in total. The van der Waals surface area contributed by atoms with Crippen molar-refractivity contribution in [2.24, 2.45) is 0 Å². The van der Waals surface area contributed by atoms with Crippen LogP contribution in [0.1, 0.15) is 28.4 Å². The van der Waals surface area contributed by atoms with Crippen molar-refractivity contribution < 1.29 is 55.9 Å². The van der Waals surface area contributed by atoms with Crippen molar-refractivity contribution in [2.45, 2.75) is 18.6 Å². The molecule has 0 aliphatic carbocycles. The van der Waals surface area contributed by atoms with Gasteiger partial charge in [0.1, 0.15) is 5.75 Å². The van der Waals surface area contributed by atoms with Crippen molar-refractivity contribution >= 4 is 5.91 Å². The summed E-state index contributed by atoms with van der Waals surface area (Å²) in [5, 5.41) is 9.57. The first-order valence-corrected chi connectivity index (χ1v) is 9.43. The zero-order valence-electron chi connectivity index (χ0n) is 17.4. The molecule has 0 bridgehead atoms. The number of hydrogen-bond donors (Lipinski definition) is 1. The topological polar surface area (TPSA) is 76.8 Å². The summed E-state index contributed by atoms with van der Waals surface area (Å²) >= 11 is 0. The quantitative estimate of drug-likeness (QED) is 0.627. The molecule has 155 valence electrons. The molecule has 2 aromatic rings. The first kappa shape index (κ1) is 26.0. The molecular weight excluding hydrogens is 495 g/mol. The summed E-state index contributed by atoms with van der Waals surface area (Å²) < 4.78 is 4.87. The fraction of sp³-hybridized carbons (Fsp3) is 0.409. The van der Waals surface area contributed by atoms with Gasteiger partial charge in [0.05, 0.1) is 19.1 Å². The van der Waals surface area contributed by atoms with Gasteiger partial charge in [0.25, 0.3) is 0 Å². The first-order valence-electron chi connectivity index (χ1n) is 9.43. The molecule has 1 amide bonds. The van der Waals surface area contributed by atoms with Crippen LogP contribution < -0.4 is 4.74 Å². The van der Waals surface area contributed by atoms with E-state index in [0.29, 0.717) is 17.4 Å². The van der Waals surface area contributed by atoms with E-state index < -0.39 is 5.91 Å². The molecule has 0 saturated carbocycles. The van der Waals surface area contributed by atoms with E-state index in [1.807, 2.05) is 0 Å². The van der Waals surface area contributed by atoms with Crippen molar-refractivity contribution in [1.82, 2.24) is 9.80 Å². The van der Waals surface area contributed by atoms with Gasteiger partial charge in [0, 0.05) is 72.5 Å². The van der Waals surface area contributed by atoms with Crippen LogP contribution in [0.25, 0.3) is 5.73 Å². The minimum atomic E-state index is -0.720. The normalized spacial score (nSPS) is 17.1. The molecule has 0 spiro atoms. The molecule has 1 fully saturated rings. The van der Waals surface area contributed by atoms with Crippen LogP contribution in [0, 0.1) is 41.3 Å². The second-order valence-corrected chi connectivity index (χ2v) is 7.12. The van der Waals surface area contributed by atoms with Crippen LogP contribution in [0.15, 0.2) is 54.6 Å². The number of ether oxygens (including phenoxy) is 1. The maximum absolute atomic E-state index is 10.6. The number of hydrogen-bond acceptors (Lipinski definition) is 5. The van der Waals surface area contributed by atoms with E-state index in [9.17, 15) is 9.90 Å².